The molecule has 1 aromatic carbocycles. The lowest BCUT2D eigenvalue weighted by Gasteiger charge is -2.11. The van der Waals surface area contributed by atoms with Gasteiger partial charge in [-0.3, -0.25) is 25.0 Å². The molecule has 1 aliphatic rings. The van der Waals surface area contributed by atoms with Crippen molar-refractivity contribution >= 4 is 51.8 Å². The Labute approximate surface area is 214 Å². The zero-order valence-electron chi connectivity index (χ0n) is 19.1. The molecular formula is C24H21ClN8O2S. The van der Waals surface area contributed by atoms with Gasteiger partial charge in [0.2, 0.25) is 5.91 Å². The molecule has 1 aliphatic carbocycles. The summed E-state index contributed by atoms with van der Waals surface area (Å²) in [5.41, 5.74) is 2.55. The number of nitrogens with zero attached hydrogens (tertiary/aromatic N) is 4. The van der Waals surface area contributed by atoms with Crippen molar-refractivity contribution in [1.82, 2.24) is 24.5 Å². The molecule has 36 heavy (non-hydrogen) atoms. The number of hydrogen-bond acceptors (Lipinski definition) is 7. The van der Waals surface area contributed by atoms with E-state index >= 15 is 0 Å². The first kappa shape index (κ1) is 23.8. The van der Waals surface area contributed by atoms with E-state index in [0.29, 0.717) is 27.1 Å². The summed E-state index contributed by atoms with van der Waals surface area (Å²) < 4.78 is 2.98. The van der Waals surface area contributed by atoms with Gasteiger partial charge >= 0.3 is 0 Å². The number of anilines is 1. The highest BCUT2D eigenvalue weighted by Gasteiger charge is 2.30. The number of nitrogens with one attached hydrogen (secondary N) is 4. The van der Waals surface area contributed by atoms with E-state index in [2.05, 4.69) is 20.7 Å². The van der Waals surface area contributed by atoms with Crippen molar-refractivity contribution < 1.29 is 9.59 Å². The van der Waals surface area contributed by atoms with E-state index < -0.39 is 0 Å². The van der Waals surface area contributed by atoms with Crippen LogP contribution in [-0.4, -0.2) is 43.2 Å². The lowest BCUT2D eigenvalue weighted by atomic mass is 10.1. The second-order valence-electron chi connectivity index (χ2n) is 8.22. The van der Waals surface area contributed by atoms with Crippen molar-refractivity contribution in [3.63, 3.8) is 0 Å². The van der Waals surface area contributed by atoms with Gasteiger partial charge in [0, 0.05) is 19.2 Å². The van der Waals surface area contributed by atoms with Gasteiger partial charge in [0.05, 0.1) is 16.8 Å². The first-order chi connectivity index (χ1) is 17.3. The van der Waals surface area contributed by atoms with E-state index in [0.717, 1.165) is 35.7 Å². The Morgan fingerprint density at radius 1 is 1.11 bits per heavy atom. The predicted molar refractivity (Wildman–Crippen MR) is 137 cm³/mol. The van der Waals surface area contributed by atoms with Gasteiger partial charge in [0.25, 0.3) is 5.91 Å². The van der Waals surface area contributed by atoms with Crippen LogP contribution in [0.3, 0.4) is 0 Å². The van der Waals surface area contributed by atoms with Crippen LogP contribution in [-0.2, 0) is 4.79 Å². The molecule has 5 rings (SSSR count). The first-order valence-corrected chi connectivity index (χ1v) is 12.2. The van der Waals surface area contributed by atoms with Crippen molar-refractivity contribution in [2.45, 2.75) is 17.9 Å². The van der Waals surface area contributed by atoms with Crippen LogP contribution in [0.15, 0.2) is 59.9 Å². The van der Waals surface area contributed by atoms with E-state index in [1.807, 2.05) is 0 Å². The number of carbonyl (C=O) groups is 2. The van der Waals surface area contributed by atoms with Gasteiger partial charge in [0.1, 0.15) is 10.5 Å². The van der Waals surface area contributed by atoms with Crippen molar-refractivity contribution in [2.24, 2.45) is 5.92 Å². The van der Waals surface area contributed by atoms with Gasteiger partial charge < -0.3 is 10.6 Å². The molecule has 1 fully saturated rings. The maximum Gasteiger partial charge on any atom is 0.252 e. The van der Waals surface area contributed by atoms with Crippen molar-refractivity contribution in [1.29, 1.82) is 10.8 Å². The summed E-state index contributed by atoms with van der Waals surface area (Å²) in [5, 5.41) is 27.6. The number of rotatable bonds is 5. The highest BCUT2D eigenvalue weighted by atomic mass is 35.5. The molecule has 0 radical (unpaired) electrons. The first-order valence-electron chi connectivity index (χ1n) is 11.1. The third-order valence-electron chi connectivity index (χ3n) is 5.64. The lowest BCUT2D eigenvalue weighted by Crippen LogP contribution is -2.23. The van der Waals surface area contributed by atoms with Gasteiger partial charge in [-0.1, -0.05) is 17.7 Å². The zero-order chi connectivity index (χ0) is 25.4. The minimum absolute atomic E-state index is 0.0291. The molecule has 1 saturated carbocycles. The molecule has 12 heteroatoms. The fraction of sp³-hybridized carbons (Fsp3) is 0.167. The highest BCUT2D eigenvalue weighted by Crippen LogP contribution is 2.30. The number of hydrogen-bond donors (Lipinski definition) is 4. The summed E-state index contributed by atoms with van der Waals surface area (Å²) in [6, 6.07) is 11.9. The SMILES string of the molecule is CNC(=O)c1ccc(-c2ccc(=N)n(C(=N)Sc3ccc4nc(NC(=O)C5CC5)cn4n3)c2)cc1Cl. The molecule has 4 aromatic rings. The number of fused-ring (bicyclic) bond motifs is 1. The molecule has 0 saturated heterocycles. The molecular weight excluding hydrogens is 500 g/mol. The van der Waals surface area contributed by atoms with E-state index in [-0.39, 0.29) is 28.4 Å². The number of imidazole rings is 1. The summed E-state index contributed by atoms with van der Waals surface area (Å²) in [5.74, 6) is 0.207. The van der Waals surface area contributed by atoms with E-state index in [4.69, 9.17) is 22.4 Å². The van der Waals surface area contributed by atoms with E-state index in [1.54, 1.807) is 59.4 Å². The van der Waals surface area contributed by atoms with Crippen LogP contribution in [0.4, 0.5) is 5.82 Å². The molecule has 10 nitrogen and oxygen atoms in total. The largest absolute Gasteiger partial charge is 0.355 e. The van der Waals surface area contributed by atoms with Crippen LogP contribution in [0.25, 0.3) is 16.8 Å². The molecule has 4 N–H and O–H groups in total. The Bertz CT molecular complexity index is 1590. The number of aromatic nitrogens is 4. The van der Waals surface area contributed by atoms with Gasteiger partial charge in [0.15, 0.2) is 16.6 Å². The Morgan fingerprint density at radius 3 is 2.61 bits per heavy atom. The molecule has 3 heterocycles. The van der Waals surface area contributed by atoms with Crippen molar-refractivity contribution in [2.75, 3.05) is 12.4 Å². The molecule has 3 aromatic heterocycles. The molecule has 0 bridgehead atoms. The summed E-state index contributed by atoms with van der Waals surface area (Å²) in [6.07, 6.45) is 5.13. The van der Waals surface area contributed by atoms with Crippen LogP contribution >= 0.6 is 23.4 Å². The van der Waals surface area contributed by atoms with Crippen LogP contribution < -0.4 is 16.1 Å². The Hall–Kier alpha value is -3.96. The van der Waals surface area contributed by atoms with Crippen molar-refractivity contribution in [3.05, 3.63) is 70.9 Å². The Balaban J connectivity index is 1.36. The quantitative estimate of drug-likeness (QED) is 0.181. The van der Waals surface area contributed by atoms with Crippen LogP contribution in [0.5, 0.6) is 0 Å². The summed E-state index contributed by atoms with van der Waals surface area (Å²) in [7, 11) is 1.54. The van der Waals surface area contributed by atoms with Crippen molar-refractivity contribution in [3.8, 4) is 11.1 Å². The lowest BCUT2D eigenvalue weighted by molar-refractivity contribution is -0.117. The second kappa shape index (κ2) is 9.59. The fourth-order valence-corrected chi connectivity index (χ4v) is 4.53. The normalized spacial score (nSPS) is 12.9. The third-order valence-corrected chi connectivity index (χ3v) is 6.77. The second-order valence-corrected chi connectivity index (χ2v) is 9.63. The molecule has 182 valence electrons. The number of halogens is 1. The van der Waals surface area contributed by atoms with Gasteiger partial charge in [-0.15, -0.1) is 0 Å². The monoisotopic (exact) mass is 520 g/mol. The Morgan fingerprint density at radius 2 is 1.89 bits per heavy atom. The maximum absolute atomic E-state index is 12.0. The molecule has 0 atom stereocenters. The fourth-order valence-electron chi connectivity index (χ4n) is 3.55. The summed E-state index contributed by atoms with van der Waals surface area (Å²) >= 11 is 7.38. The van der Waals surface area contributed by atoms with Gasteiger partial charge in [-0.2, -0.15) is 5.10 Å². The minimum atomic E-state index is -0.277. The predicted octanol–water partition coefficient (Wildman–Crippen LogP) is 3.61. The Kier molecular flexibility index (Phi) is 6.33. The number of carbonyl (C=O) groups excluding carboxylic acids is 2. The third kappa shape index (κ3) is 4.88. The molecule has 0 unspecified atom stereocenters. The van der Waals surface area contributed by atoms with Gasteiger partial charge in [-0.25, -0.2) is 9.50 Å². The molecule has 0 spiro atoms. The number of thioether (sulfide) groups is 1. The number of amides is 2. The maximum atomic E-state index is 12.0. The van der Waals surface area contributed by atoms with Crippen LogP contribution in [0.2, 0.25) is 5.02 Å². The summed E-state index contributed by atoms with van der Waals surface area (Å²) in [4.78, 5) is 28.3. The molecule has 2 amide bonds. The topological polar surface area (TPSA) is 141 Å². The average Bonchev–Trinajstić information content (AvgIpc) is 3.64. The zero-order valence-corrected chi connectivity index (χ0v) is 20.7. The average molecular weight is 521 g/mol. The molecule has 0 aliphatic heterocycles. The standard InChI is InChI=1S/C24H21ClN8O2S/c1-28-23(35)16-6-4-14(10-17(16)25)15-5-7-18(26)32(11-15)24(27)36-21-9-8-20-29-19(12-33(20)31-21)30-22(34)13-2-3-13/h4-13,26-27H,2-3H2,1H3,(H,28,35)(H,30,34). The van der Waals surface area contributed by atoms with Gasteiger partial charge in [-0.05, 0) is 72.1 Å². The highest BCUT2D eigenvalue weighted by molar-refractivity contribution is 8.13. The smallest absolute Gasteiger partial charge is 0.252 e. The van der Waals surface area contributed by atoms with Crippen LogP contribution in [0, 0.1) is 16.7 Å². The number of benzene rings is 1. The summed E-state index contributed by atoms with van der Waals surface area (Å²) in [6.45, 7) is 0. The number of pyridine rings is 1. The van der Waals surface area contributed by atoms with Crippen LogP contribution in [0.1, 0.15) is 23.2 Å². The minimum Gasteiger partial charge on any atom is -0.355 e. The van der Waals surface area contributed by atoms with E-state index in [1.165, 1.54) is 11.6 Å². The van der Waals surface area contributed by atoms with E-state index in [9.17, 15) is 9.59 Å².